The molecule has 0 saturated heterocycles. The molecule has 1 N–H and O–H groups in total. The average molecular weight is 456 g/mol. The van der Waals surface area contributed by atoms with Crippen molar-refractivity contribution in [3.63, 3.8) is 0 Å². The highest BCUT2D eigenvalue weighted by molar-refractivity contribution is 5.82. The molecular weight excluding hydrogens is 429 g/mol. The first-order valence-corrected chi connectivity index (χ1v) is 9.95. The molecule has 0 aliphatic carbocycles. The van der Waals surface area contributed by atoms with Crippen molar-refractivity contribution in [3.05, 3.63) is 60.2 Å². The Morgan fingerprint density at radius 3 is 2.06 bits per heavy atom. The molecule has 0 saturated carbocycles. The monoisotopic (exact) mass is 456 g/mol. The van der Waals surface area contributed by atoms with Crippen molar-refractivity contribution in [2.45, 2.75) is 37.1 Å². The Bertz CT molecular complexity index is 856. The number of aliphatic hydroxyl groups is 1. The Morgan fingerprint density at radius 2 is 1.56 bits per heavy atom. The minimum atomic E-state index is -5.08. The molecule has 0 aliphatic heterocycles. The van der Waals surface area contributed by atoms with E-state index in [0.29, 0.717) is 11.5 Å². The topological polar surface area (TPSA) is 74.2 Å². The van der Waals surface area contributed by atoms with E-state index in [-0.39, 0.29) is 19.4 Å². The maximum absolute atomic E-state index is 13.9. The van der Waals surface area contributed by atoms with E-state index in [0.717, 1.165) is 19.2 Å². The molecule has 0 unspecified atom stereocenters. The van der Waals surface area contributed by atoms with Crippen molar-refractivity contribution < 1.29 is 42.0 Å². The van der Waals surface area contributed by atoms with Gasteiger partial charge in [-0.25, -0.2) is 4.79 Å². The second-order valence-corrected chi connectivity index (χ2v) is 7.18. The highest BCUT2D eigenvalue weighted by atomic mass is 19.4. The maximum atomic E-state index is 13.9. The number of hydrogen-bond acceptors (Lipinski definition) is 6. The van der Waals surface area contributed by atoms with Gasteiger partial charge in [0.05, 0.1) is 13.7 Å². The third kappa shape index (κ3) is 5.72. The maximum Gasteiger partial charge on any atom is 0.432 e. The molecule has 32 heavy (non-hydrogen) atoms. The van der Waals surface area contributed by atoms with Gasteiger partial charge in [-0.2, -0.15) is 13.2 Å². The third-order valence-corrected chi connectivity index (χ3v) is 5.20. The number of ether oxygens (including phenoxy) is 4. The lowest BCUT2D eigenvalue weighted by Crippen LogP contribution is -2.52. The van der Waals surface area contributed by atoms with Crippen LogP contribution in [0.4, 0.5) is 13.2 Å². The lowest BCUT2D eigenvalue weighted by Gasteiger charge is -2.34. The minimum absolute atomic E-state index is 0.0279. The predicted molar refractivity (Wildman–Crippen MR) is 110 cm³/mol. The first-order chi connectivity index (χ1) is 15.1. The van der Waals surface area contributed by atoms with E-state index >= 15 is 0 Å². The highest BCUT2D eigenvalue weighted by Crippen LogP contribution is 2.43. The third-order valence-electron chi connectivity index (χ3n) is 5.20. The Balaban J connectivity index is 2.07. The summed E-state index contributed by atoms with van der Waals surface area (Å²) in [7, 11) is 2.32. The Kier molecular flexibility index (Phi) is 8.51. The Hall–Kier alpha value is -2.78. The van der Waals surface area contributed by atoms with Crippen LogP contribution in [0, 0.1) is 0 Å². The van der Waals surface area contributed by atoms with Crippen LogP contribution in [0.5, 0.6) is 11.5 Å². The van der Waals surface area contributed by atoms with Gasteiger partial charge in [0.1, 0.15) is 23.7 Å². The smallest absolute Gasteiger partial charge is 0.432 e. The number of methoxy groups -OCH3 is 2. The number of alkyl halides is 3. The van der Waals surface area contributed by atoms with Crippen LogP contribution in [0.25, 0.3) is 0 Å². The van der Waals surface area contributed by atoms with Gasteiger partial charge in [0.25, 0.3) is 5.60 Å². The molecule has 0 radical (unpaired) electrons. The number of halogens is 3. The largest absolute Gasteiger partial charge is 0.497 e. The van der Waals surface area contributed by atoms with Crippen LogP contribution in [0.1, 0.15) is 25.3 Å². The van der Waals surface area contributed by atoms with Crippen LogP contribution in [0.2, 0.25) is 0 Å². The first kappa shape index (κ1) is 25.5. The van der Waals surface area contributed by atoms with Crippen LogP contribution in [0.3, 0.4) is 0 Å². The van der Waals surface area contributed by atoms with E-state index in [1.54, 1.807) is 31.2 Å². The molecule has 0 heterocycles. The van der Waals surface area contributed by atoms with Crippen molar-refractivity contribution in [2.75, 3.05) is 27.4 Å². The summed E-state index contributed by atoms with van der Waals surface area (Å²) in [5.41, 5.74) is -5.30. The fourth-order valence-electron chi connectivity index (χ4n) is 3.07. The molecule has 0 fully saturated rings. The number of carbonyl (C=O) groups is 1. The molecule has 2 aromatic carbocycles. The van der Waals surface area contributed by atoms with Gasteiger partial charge in [-0.3, -0.25) is 0 Å². The van der Waals surface area contributed by atoms with Crippen LogP contribution in [-0.2, 0) is 19.9 Å². The molecule has 2 atom stereocenters. The van der Waals surface area contributed by atoms with Gasteiger partial charge in [-0.1, -0.05) is 37.3 Å². The van der Waals surface area contributed by atoms with Crippen molar-refractivity contribution in [1.29, 1.82) is 0 Å². The van der Waals surface area contributed by atoms with E-state index < -0.39 is 35.5 Å². The lowest BCUT2D eigenvalue weighted by molar-refractivity contribution is -0.278. The molecule has 176 valence electrons. The van der Waals surface area contributed by atoms with Crippen molar-refractivity contribution >= 4 is 5.97 Å². The molecule has 0 aliphatic rings. The quantitative estimate of drug-likeness (QED) is 0.510. The van der Waals surface area contributed by atoms with Crippen molar-refractivity contribution in [1.82, 2.24) is 0 Å². The standard InChI is InChI=1S/C23H27F3O6/c1-4-21(28,14-15-31-19-12-10-18(29-2)11-13-19)16-32-20(27)22(30-3,23(24,25)26)17-8-6-5-7-9-17/h5-13,28H,4,14-16H2,1-3H3/t21-,22+/m1/s1. The zero-order valence-electron chi connectivity index (χ0n) is 18.1. The van der Waals surface area contributed by atoms with Crippen molar-refractivity contribution in [3.8, 4) is 11.5 Å². The molecule has 0 aromatic heterocycles. The van der Waals surface area contributed by atoms with Gasteiger partial charge in [0.2, 0.25) is 0 Å². The van der Waals surface area contributed by atoms with E-state index in [4.69, 9.17) is 18.9 Å². The molecule has 9 heteroatoms. The van der Waals surface area contributed by atoms with Gasteiger partial charge in [-0.05, 0) is 30.7 Å². The minimum Gasteiger partial charge on any atom is -0.497 e. The summed E-state index contributed by atoms with van der Waals surface area (Å²) in [6, 6.07) is 13.3. The van der Waals surface area contributed by atoms with Crippen LogP contribution < -0.4 is 9.47 Å². The predicted octanol–water partition coefficient (Wildman–Crippen LogP) is 4.25. The molecule has 6 nitrogen and oxygen atoms in total. The van der Waals surface area contributed by atoms with Crippen LogP contribution in [0.15, 0.2) is 54.6 Å². The van der Waals surface area contributed by atoms with Gasteiger partial charge in [-0.15, -0.1) is 0 Å². The van der Waals surface area contributed by atoms with Crippen molar-refractivity contribution in [2.24, 2.45) is 0 Å². The van der Waals surface area contributed by atoms with Gasteiger partial charge >= 0.3 is 12.1 Å². The fraction of sp³-hybridized carbons (Fsp3) is 0.435. The van der Waals surface area contributed by atoms with Crippen LogP contribution >= 0.6 is 0 Å². The molecule has 2 rings (SSSR count). The lowest BCUT2D eigenvalue weighted by atomic mass is 9.92. The van der Waals surface area contributed by atoms with E-state index in [1.165, 1.54) is 25.3 Å². The number of hydrogen-bond donors (Lipinski definition) is 1. The van der Waals surface area contributed by atoms with Gasteiger partial charge in [0.15, 0.2) is 0 Å². The highest BCUT2D eigenvalue weighted by Gasteiger charge is 2.64. The summed E-state index contributed by atoms with van der Waals surface area (Å²) in [5, 5.41) is 10.7. The number of rotatable bonds is 11. The number of esters is 1. The summed E-state index contributed by atoms with van der Waals surface area (Å²) in [6.07, 6.45) is -4.92. The summed E-state index contributed by atoms with van der Waals surface area (Å²) in [5.74, 6) is -0.471. The summed E-state index contributed by atoms with van der Waals surface area (Å²) in [4.78, 5) is 12.6. The second-order valence-electron chi connectivity index (χ2n) is 7.18. The normalized spacial score (nSPS) is 15.3. The summed E-state index contributed by atoms with van der Waals surface area (Å²) in [6.45, 7) is 1.04. The average Bonchev–Trinajstić information content (AvgIpc) is 2.79. The fourth-order valence-corrected chi connectivity index (χ4v) is 3.07. The molecule has 0 bridgehead atoms. The van der Waals surface area contributed by atoms with Crippen LogP contribution in [-0.4, -0.2) is 50.3 Å². The Morgan fingerprint density at radius 1 is 0.969 bits per heavy atom. The van der Waals surface area contributed by atoms with Gasteiger partial charge < -0.3 is 24.1 Å². The van der Waals surface area contributed by atoms with E-state index in [1.807, 2.05) is 0 Å². The summed E-state index contributed by atoms with van der Waals surface area (Å²) >= 11 is 0. The number of carbonyl (C=O) groups excluding carboxylic acids is 1. The molecular formula is C23H27F3O6. The SMILES string of the molecule is CC[C@@](O)(CCOc1ccc(OC)cc1)COC(=O)[C@@](OC)(c1ccccc1)C(F)(F)F. The van der Waals surface area contributed by atoms with E-state index in [9.17, 15) is 23.1 Å². The zero-order valence-corrected chi connectivity index (χ0v) is 18.1. The zero-order chi connectivity index (χ0) is 23.8. The number of benzene rings is 2. The van der Waals surface area contributed by atoms with E-state index in [2.05, 4.69) is 0 Å². The first-order valence-electron chi connectivity index (χ1n) is 9.95. The molecule has 0 amide bonds. The second kappa shape index (κ2) is 10.7. The summed E-state index contributed by atoms with van der Waals surface area (Å²) < 4.78 is 62.1. The van der Waals surface area contributed by atoms with Gasteiger partial charge in [0, 0.05) is 19.1 Å². The molecule has 2 aromatic rings. The Labute approximate surface area is 184 Å². The molecule has 0 spiro atoms.